The zero-order valence-corrected chi connectivity index (χ0v) is 15.5. The average molecular weight is 420 g/mol. The molecule has 0 radical (unpaired) electrons. The van der Waals surface area contributed by atoms with E-state index < -0.39 is 54.5 Å². The van der Waals surface area contributed by atoms with Crippen molar-refractivity contribution in [2.24, 2.45) is 0 Å². The minimum atomic E-state index is -1.52. The first-order valence-corrected chi connectivity index (χ1v) is 8.93. The normalized spacial score (nSPS) is 23.5. The Morgan fingerprint density at radius 3 is 2.33 bits per heavy atom. The minimum absolute atomic E-state index is 0.0116. The van der Waals surface area contributed by atoms with Crippen LogP contribution in [0.4, 0.5) is 0 Å². The van der Waals surface area contributed by atoms with Gasteiger partial charge >= 0.3 is 11.9 Å². The number of phenols is 3. The molecule has 1 aliphatic heterocycles. The standard InChI is InChI=1S/C20H20O10/c21-8-15-18(30-20(27)10-2-1-3-12(22)6-10)17(25)16(9-28-15)29-19(26)11-4-5-13(23)14(24)7-11/h1-7,15-18,21-25H,8-9H2. The highest BCUT2D eigenvalue weighted by Crippen LogP contribution is 2.27. The lowest BCUT2D eigenvalue weighted by atomic mass is 9.99. The van der Waals surface area contributed by atoms with E-state index in [-0.39, 0.29) is 23.5 Å². The summed E-state index contributed by atoms with van der Waals surface area (Å²) < 4.78 is 15.8. The Bertz CT molecular complexity index is 928. The third-order valence-corrected chi connectivity index (χ3v) is 4.53. The molecule has 4 unspecified atom stereocenters. The second-order valence-corrected chi connectivity index (χ2v) is 6.61. The molecule has 0 amide bonds. The van der Waals surface area contributed by atoms with E-state index in [4.69, 9.17) is 14.2 Å². The largest absolute Gasteiger partial charge is 0.508 e. The van der Waals surface area contributed by atoms with Crippen LogP contribution in [0.15, 0.2) is 42.5 Å². The maximum absolute atomic E-state index is 12.4. The summed E-state index contributed by atoms with van der Waals surface area (Å²) in [5, 5.41) is 48.4. The molecule has 0 saturated carbocycles. The SMILES string of the molecule is O=C(OC1COC(CO)C(OC(=O)c2cccc(O)c2)C1O)c1ccc(O)c(O)c1. The van der Waals surface area contributed by atoms with Gasteiger partial charge in [-0.25, -0.2) is 9.59 Å². The molecule has 1 saturated heterocycles. The zero-order chi connectivity index (χ0) is 21.8. The summed E-state index contributed by atoms with van der Waals surface area (Å²) in [6.45, 7) is -0.843. The van der Waals surface area contributed by atoms with Gasteiger partial charge in [0, 0.05) is 0 Å². The van der Waals surface area contributed by atoms with Gasteiger partial charge in [0.25, 0.3) is 0 Å². The number of carbonyl (C=O) groups excluding carboxylic acids is 2. The highest BCUT2D eigenvalue weighted by molar-refractivity contribution is 5.91. The molecule has 0 aromatic heterocycles. The first-order chi connectivity index (χ1) is 14.3. The number of ether oxygens (including phenoxy) is 3. The van der Waals surface area contributed by atoms with Crippen LogP contribution in [-0.2, 0) is 14.2 Å². The Morgan fingerprint density at radius 1 is 0.967 bits per heavy atom. The van der Waals surface area contributed by atoms with Crippen LogP contribution in [0, 0.1) is 0 Å². The van der Waals surface area contributed by atoms with Crippen molar-refractivity contribution in [3.8, 4) is 17.2 Å². The van der Waals surface area contributed by atoms with Gasteiger partial charge in [-0.15, -0.1) is 0 Å². The Balaban J connectivity index is 1.72. The molecular weight excluding hydrogens is 400 g/mol. The zero-order valence-electron chi connectivity index (χ0n) is 15.5. The number of esters is 2. The van der Waals surface area contributed by atoms with Crippen molar-refractivity contribution in [1.82, 2.24) is 0 Å². The third-order valence-electron chi connectivity index (χ3n) is 4.53. The first-order valence-electron chi connectivity index (χ1n) is 8.93. The van der Waals surface area contributed by atoms with Crippen molar-refractivity contribution >= 4 is 11.9 Å². The van der Waals surface area contributed by atoms with Gasteiger partial charge < -0.3 is 39.7 Å². The number of aliphatic hydroxyl groups is 2. The van der Waals surface area contributed by atoms with Gasteiger partial charge in [-0.3, -0.25) is 0 Å². The summed E-state index contributed by atoms with van der Waals surface area (Å²) in [5.74, 6) is -2.90. The molecular formula is C20H20O10. The Labute approximate surface area is 170 Å². The molecule has 5 N–H and O–H groups in total. The summed E-state index contributed by atoms with van der Waals surface area (Å²) in [6.07, 6.45) is -5.18. The predicted octanol–water partition coefficient (Wildman–Crippen LogP) is 0.306. The van der Waals surface area contributed by atoms with Crippen LogP contribution in [0.25, 0.3) is 0 Å². The molecule has 0 bridgehead atoms. The van der Waals surface area contributed by atoms with E-state index >= 15 is 0 Å². The fourth-order valence-electron chi connectivity index (χ4n) is 2.93. The Hall–Kier alpha value is -3.34. The van der Waals surface area contributed by atoms with Crippen molar-refractivity contribution in [2.75, 3.05) is 13.2 Å². The highest BCUT2D eigenvalue weighted by Gasteiger charge is 2.44. The van der Waals surface area contributed by atoms with Crippen molar-refractivity contribution < 1.29 is 49.3 Å². The fraction of sp³-hybridized carbons (Fsp3) is 0.300. The highest BCUT2D eigenvalue weighted by atomic mass is 16.6. The molecule has 3 rings (SSSR count). The molecule has 160 valence electrons. The number of hydrogen-bond donors (Lipinski definition) is 5. The van der Waals surface area contributed by atoms with Gasteiger partial charge in [-0.05, 0) is 36.4 Å². The van der Waals surface area contributed by atoms with Crippen LogP contribution in [0.5, 0.6) is 17.2 Å². The summed E-state index contributed by atoms with van der Waals surface area (Å²) in [5.41, 5.74) is -0.0762. The van der Waals surface area contributed by atoms with Crippen molar-refractivity contribution in [3.63, 3.8) is 0 Å². The van der Waals surface area contributed by atoms with Gasteiger partial charge in [0.15, 0.2) is 23.7 Å². The monoisotopic (exact) mass is 420 g/mol. The molecule has 1 heterocycles. The number of rotatable bonds is 5. The molecule has 2 aromatic carbocycles. The molecule has 2 aromatic rings. The maximum Gasteiger partial charge on any atom is 0.338 e. The van der Waals surface area contributed by atoms with Crippen LogP contribution in [0.2, 0.25) is 0 Å². The van der Waals surface area contributed by atoms with Crippen LogP contribution >= 0.6 is 0 Å². The molecule has 1 fully saturated rings. The second-order valence-electron chi connectivity index (χ2n) is 6.61. The molecule has 30 heavy (non-hydrogen) atoms. The first kappa shape index (κ1) is 21.4. The van der Waals surface area contributed by atoms with E-state index in [0.717, 1.165) is 12.1 Å². The number of hydrogen-bond acceptors (Lipinski definition) is 10. The lowest BCUT2D eigenvalue weighted by Gasteiger charge is -2.38. The predicted molar refractivity (Wildman–Crippen MR) is 99.1 cm³/mol. The lowest BCUT2D eigenvalue weighted by molar-refractivity contribution is -0.196. The number of carbonyl (C=O) groups is 2. The quantitative estimate of drug-likeness (QED) is 0.336. The smallest absolute Gasteiger partial charge is 0.338 e. The summed E-state index contributed by atoms with van der Waals surface area (Å²) >= 11 is 0. The number of phenolic OH excluding ortho intramolecular Hbond substituents is 3. The van der Waals surface area contributed by atoms with Crippen LogP contribution < -0.4 is 0 Å². The van der Waals surface area contributed by atoms with Gasteiger partial charge in [0.2, 0.25) is 0 Å². The third kappa shape index (κ3) is 4.62. The van der Waals surface area contributed by atoms with E-state index in [9.17, 15) is 35.1 Å². The van der Waals surface area contributed by atoms with Crippen molar-refractivity contribution in [1.29, 1.82) is 0 Å². The van der Waals surface area contributed by atoms with Crippen LogP contribution in [-0.4, -0.2) is 75.1 Å². The summed E-state index contributed by atoms with van der Waals surface area (Å²) in [6, 6.07) is 8.65. The number of aromatic hydroxyl groups is 3. The van der Waals surface area contributed by atoms with E-state index in [0.29, 0.717) is 0 Å². The van der Waals surface area contributed by atoms with Gasteiger partial charge in [0.05, 0.1) is 24.3 Å². The maximum atomic E-state index is 12.4. The molecule has 4 atom stereocenters. The van der Waals surface area contributed by atoms with Gasteiger partial charge in [-0.2, -0.15) is 0 Å². The van der Waals surface area contributed by atoms with Crippen molar-refractivity contribution in [3.05, 3.63) is 53.6 Å². The lowest BCUT2D eigenvalue weighted by Crippen LogP contribution is -2.57. The minimum Gasteiger partial charge on any atom is -0.508 e. The molecule has 10 nitrogen and oxygen atoms in total. The fourth-order valence-corrected chi connectivity index (χ4v) is 2.93. The molecule has 0 spiro atoms. The molecule has 1 aliphatic rings. The summed E-state index contributed by atoms with van der Waals surface area (Å²) in [7, 11) is 0. The average Bonchev–Trinajstić information content (AvgIpc) is 2.72. The van der Waals surface area contributed by atoms with E-state index in [1.165, 1.54) is 30.3 Å². The topological polar surface area (TPSA) is 163 Å². The Morgan fingerprint density at radius 2 is 1.67 bits per heavy atom. The van der Waals surface area contributed by atoms with E-state index in [1.54, 1.807) is 0 Å². The number of aliphatic hydroxyl groups excluding tert-OH is 2. The summed E-state index contributed by atoms with van der Waals surface area (Å²) in [4.78, 5) is 24.6. The molecule has 10 heteroatoms. The van der Waals surface area contributed by atoms with Gasteiger partial charge in [0.1, 0.15) is 18.0 Å². The van der Waals surface area contributed by atoms with E-state index in [1.807, 2.05) is 0 Å². The van der Waals surface area contributed by atoms with Crippen LogP contribution in [0.3, 0.4) is 0 Å². The molecule has 0 aliphatic carbocycles. The second kappa shape index (κ2) is 8.99. The van der Waals surface area contributed by atoms with E-state index in [2.05, 4.69) is 0 Å². The number of benzene rings is 2. The Kier molecular flexibility index (Phi) is 6.40. The van der Waals surface area contributed by atoms with Crippen molar-refractivity contribution in [2.45, 2.75) is 24.4 Å². The van der Waals surface area contributed by atoms with Gasteiger partial charge in [-0.1, -0.05) is 6.07 Å². The van der Waals surface area contributed by atoms with Crippen LogP contribution in [0.1, 0.15) is 20.7 Å².